The van der Waals surface area contributed by atoms with E-state index in [1.54, 1.807) is 0 Å². The highest BCUT2D eigenvalue weighted by molar-refractivity contribution is 7.00. The highest BCUT2D eigenvalue weighted by Gasteiger charge is 2.45. The molecule has 0 bridgehead atoms. The Labute approximate surface area is 447 Å². The summed E-state index contributed by atoms with van der Waals surface area (Å²) in [4.78, 5) is 5.19. The zero-order valence-electron chi connectivity index (χ0n) is 42.0. The van der Waals surface area contributed by atoms with E-state index < -0.39 is 0 Å². The average molecular weight is 979 g/mol. The number of hydrogen-bond donors (Lipinski definition) is 0. The number of nitrogens with zero attached hydrogens (tertiary/aromatic N) is 4. The minimum atomic E-state index is -0.147. The van der Waals surface area contributed by atoms with Gasteiger partial charge in [-0.1, -0.05) is 206 Å². The molecule has 2 aliphatic heterocycles. The van der Waals surface area contributed by atoms with Crippen LogP contribution in [0.3, 0.4) is 0 Å². The first kappa shape index (κ1) is 43.3. The van der Waals surface area contributed by atoms with Gasteiger partial charge < -0.3 is 18.9 Å². The molecule has 5 heteroatoms. The first-order valence-electron chi connectivity index (χ1n) is 26.6. The molecule has 4 nitrogen and oxygen atoms in total. The number of hydrogen-bond acceptors (Lipinski definition) is 2. The first-order chi connectivity index (χ1) is 38.2. The van der Waals surface area contributed by atoms with E-state index in [2.05, 4.69) is 304 Å². The quantitative estimate of drug-likeness (QED) is 0.148. The maximum atomic E-state index is 2.63. The van der Waals surface area contributed by atoms with Gasteiger partial charge in [-0.05, 0) is 129 Å². The number of anilines is 6. The van der Waals surface area contributed by atoms with Crippen LogP contribution in [0.2, 0.25) is 0 Å². The van der Waals surface area contributed by atoms with E-state index >= 15 is 0 Å². The predicted molar refractivity (Wildman–Crippen MR) is 325 cm³/mol. The van der Waals surface area contributed by atoms with Crippen molar-refractivity contribution in [3.8, 4) is 44.8 Å². The summed E-state index contributed by atoms with van der Waals surface area (Å²) in [6.45, 7) is -0.147. The largest absolute Gasteiger partial charge is 0.311 e. The van der Waals surface area contributed by atoms with Gasteiger partial charge in [0.05, 0.1) is 33.4 Å². The van der Waals surface area contributed by atoms with Crippen molar-refractivity contribution in [2.75, 3.05) is 9.80 Å². The van der Waals surface area contributed by atoms with E-state index in [1.807, 2.05) is 0 Å². The van der Waals surface area contributed by atoms with Crippen LogP contribution in [0.15, 0.2) is 285 Å². The highest BCUT2D eigenvalue weighted by atomic mass is 15.2. The van der Waals surface area contributed by atoms with Crippen LogP contribution in [-0.2, 0) is 0 Å². The number of rotatable bonds is 7. The molecule has 12 aromatic carbocycles. The van der Waals surface area contributed by atoms with Gasteiger partial charge in [-0.25, -0.2) is 0 Å². The zero-order valence-corrected chi connectivity index (χ0v) is 42.0. The van der Waals surface area contributed by atoms with Crippen molar-refractivity contribution in [3.63, 3.8) is 0 Å². The Kier molecular flexibility index (Phi) is 9.70. The van der Waals surface area contributed by atoms with Crippen LogP contribution in [0, 0.1) is 0 Å². The van der Waals surface area contributed by atoms with E-state index in [9.17, 15) is 0 Å². The maximum absolute atomic E-state index is 2.63. The molecule has 2 aromatic heterocycles. The van der Waals surface area contributed by atoms with E-state index in [-0.39, 0.29) is 6.71 Å². The van der Waals surface area contributed by atoms with Crippen LogP contribution in [0.1, 0.15) is 0 Å². The summed E-state index contributed by atoms with van der Waals surface area (Å²) >= 11 is 0. The molecule has 2 aliphatic rings. The van der Waals surface area contributed by atoms with Crippen molar-refractivity contribution in [2.45, 2.75) is 0 Å². The van der Waals surface area contributed by atoms with Gasteiger partial charge in [0.15, 0.2) is 0 Å². The summed E-state index contributed by atoms with van der Waals surface area (Å²) in [5, 5.41) is 4.89. The second kappa shape index (κ2) is 17.2. The number of fused-ring (bicyclic) bond motifs is 11. The first-order valence-corrected chi connectivity index (χ1v) is 26.6. The molecule has 0 saturated heterocycles. The van der Waals surface area contributed by atoms with Crippen molar-refractivity contribution in [2.24, 2.45) is 0 Å². The van der Waals surface area contributed by atoms with Gasteiger partial charge in [-0.3, -0.25) is 0 Å². The highest BCUT2D eigenvalue weighted by Crippen LogP contribution is 2.50. The summed E-state index contributed by atoms with van der Waals surface area (Å²) in [5.41, 5.74) is 24.6. The van der Waals surface area contributed by atoms with Crippen LogP contribution in [0.25, 0.3) is 88.4 Å². The van der Waals surface area contributed by atoms with E-state index in [0.29, 0.717) is 0 Å². The zero-order chi connectivity index (χ0) is 50.6. The van der Waals surface area contributed by atoms with Crippen molar-refractivity contribution in [3.05, 3.63) is 285 Å². The fraction of sp³-hybridized carbons (Fsp3) is 0. The molecule has 0 radical (unpaired) electrons. The molecule has 0 amide bonds. The predicted octanol–water partition coefficient (Wildman–Crippen LogP) is 17.0. The second-order valence-electron chi connectivity index (χ2n) is 20.4. The Morgan fingerprint density at radius 1 is 0.247 bits per heavy atom. The Morgan fingerprint density at radius 2 is 0.688 bits per heavy atom. The van der Waals surface area contributed by atoms with E-state index in [1.165, 1.54) is 88.0 Å². The third kappa shape index (κ3) is 6.67. The minimum Gasteiger partial charge on any atom is -0.311 e. The third-order valence-corrected chi connectivity index (χ3v) is 16.2. The van der Waals surface area contributed by atoms with Crippen LogP contribution in [0.4, 0.5) is 34.1 Å². The van der Waals surface area contributed by atoms with Crippen LogP contribution in [0.5, 0.6) is 0 Å². The summed E-state index contributed by atoms with van der Waals surface area (Å²) in [6, 6.07) is 106. The molecule has 0 saturated carbocycles. The Bertz CT molecular complexity index is 4580. The van der Waals surface area contributed by atoms with Gasteiger partial charge in [0, 0.05) is 55.7 Å². The molecule has 0 fully saturated rings. The lowest BCUT2D eigenvalue weighted by molar-refractivity contribution is 1.16. The normalized spacial score (nSPS) is 12.6. The molecule has 14 aromatic rings. The monoisotopic (exact) mass is 978 g/mol. The molecule has 0 spiro atoms. The van der Waals surface area contributed by atoms with Crippen molar-refractivity contribution in [1.82, 2.24) is 9.13 Å². The van der Waals surface area contributed by atoms with E-state index in [4.69, 9.17) is 0 Å². The molecule has 4 heterocycles. The fourth-order valence-electron chi connectivity index (χ4n) is 13.0. The van der Waals surface area contributed by atoms with Gasteiger partial charge >= 0.3 is 0 Å². The smallest absolute Gasteiger partial charge is 0.252 e. The van der Waals surface area contributed by atoms with Crippen LogP contribution >= 0.6 is 0 Å². The van der Waals surface area contributed by atoms with Crippen molar-refractivity contribution < 1.29 is 0 Å². The summed E-state index contributed by atoms with van der Waals surface area (Å²) < 4.78 is 4.96. The van der Waals surface area contributed by atoms with Gasteiger partial charge in [0.1, 0.15) is 0 Å². The maximum Gasteiger partial charge on any atom is 0.252 e. The summed E-state index contributed by atoms with van der Waals surface area (Å²) in [7, 11) is 0. The number of para-hydroxylation sites is 4. The van der Waals surface area contributed by atoms with Gasteiger partial charge in [0.25, 0.3) is 6.71 Å². The standard InChI is InChI=1S/C72H47BN4/c1-5-21-48(22-6-1)51-27-19-31-55(43-51)75-66-41-39-53(50-25-9-3-10-26-50)45-62(66)73-61-40-42-67-70(60-35-15-18-38-65(60)74(67)54-29-11-4-12-30-54)72(61)77(56-32-20-28-52(44-56)49-23-7-2-8-24-49)69-47-57(46-68(75)71(69)73)76-63-36-16-13-33-58(63)59-34-14-17-37-64(59)76/h1-47H. The number of aromatic nitrogens is 2. The van der Waals surface area contributed by atoms with E-state index in [0.717, 1.165) is 50.9 Å². The molecule has 77 heavy (non-hydrogen) atoms. The topological polar surface area (TPSA) is 16.3 Å². The SMILES string of the molecule is c1ccc(-c2cccc(N3c4ccc(-c5ccccc5)cc4B4c5ccc6c(c5N(c5cccc(-c7ccccc7)c5)c5cc(-n7c8ccccc8c8ccccc87)cc3c54)c3ccccc3n6-c3ccccc3)c2)cc1. The molecule has 16 rings (SSSR count). The minimum absolute atomic E-state index is 0.147. The molecule has 0 N–H and O–H groups in total. The molecule has 358 valence electrons. The van der Waals surface area contributed by atoms with Crippen molar-refractivity contribution >= 4 is 101 Å². The summed E-state index contributed by atoms with van der Waals surface area (Å²) in [6.07, 6.45) is 0. The fourth-order valence-corrected chi connectivity index (χ4v) is 13.0. The Morgan fingerprint density at radius 3 is 1.27 bits per heavy atom. The molecular formula is C72H47BN4. The molecular weight excluding hydrogens is 932 g/mol. The van der Waals surface area contributed by atoms with Crippen LogP contribution in [-0.4, -0.2) is 15.8 Å². The lowest BCUT2D eigenvalue weighted by Gasteiger charge is -2.45. The van der Waals surface area contributed by atoms with Gasteiger partial charge in [-0.2, -0.15) is 0 Å². The molecule has 0 unspecified atom stereocenters. The van der Waals surface area contributed by atoms with Crippen LogP contribution < -0.4 is 26.2 Å². The van der Waals surface area contributed by atoms with Crippen molar-refractivity contribution in [1.29, 1.82) is 0 Å². The molecule has 0 aliphatic carbocycles. The summed E-state index contributed by atoms with van der Waals surface area (Å²) in [5.74, 6) is 0. The lowest BCUT2D eigenvalue weighted by Crippen LogP contribution is -2.61. The second-order valence-corrected chi connectivity index (χ2v) is 20.4. The Balaban J connectivity index is 1.08. The molecule has 0 atom stereocenters. The lowest BCUT2D eigenvalue weighted by atomic mass is 9.33. The van der Waals surface area contributed by atoms with Gasteiger partial charge in [-0.15, -0.1) is 0 Å². The van der Waals surface area contributed by atoms with Gasteiger partial charge in [0.2, 0.25) is 0 Å². The average Bonchev–Trinajstić information content (AvgIpc) is 4.15. The number of benzene rings is 12. The Hall–Kier alpha value is -10.1. The third-order valence-electron chi connectivity index (χ3n) is 16.2.